The molecule has 4 heteroatoms. The molecular formula is C17H30N2O2. The van der Waals surface area contributed by atoms with Gasteiger partial charge in [-0.25, -0.2) is 0 Å². The van der Waals surface area contributed by atoms with Crippen molar-refractivity contribution in [3.05, 3.63) is 29.8 Å². The molecule has 4 nitrogen and oxygen atoms in total. The van der Waals surface area contributed by atoms with Crippen LogP contribution in [0.5, 0.6) is 0 Å². The van der Waals surface area contributed by atoms with Crippen LogP contribution in [0, 0.1) is 0 Å². The van der Waals surface area contributed by atoms with Gasteiger partial charge in [-0.05, 0) is 45.4 Å². The molecule has 0 aliphatic heterocycles. The summed E-state index contributed by atoms with van der Waals surface area (Å²) in [6, 6.07) is 8.73. The highest BCUT2D eigenvalue weighted by Gasteiger charge is 2.07. The van der Waals surface area contributed by atoms with E-state index < -0.39 is 0 Å². The van der Waals surface area contributed by atoms with Crippen LogP contribution in [0.1, 0.15) is 33.3 Å². The van der Waals surface area contributed by atoms with Crippen LogP contribution >= 0.6 is 0 Å². The molecule has 0 bridgehead atoms. The lowest BCUT2D eigenvalue weighted by atomic mass is 10.2. The minimum Gasteiger partial charge on any atom is -0.372 e. The second kappa shape index (κ2) is 10.6. The summed E-state index contributed by atoms with van der Waals surface area (Å²) < 4.78 is 11.0. The van der Waals surface area contributed by atoms with Crippen molar-refractivity contribution in [2.24, 2.45) is 0 Å². The molecule has 0 fully saturated rings. The molecule has 1 aromatic rings. The molecule has 1 rings (SSSR count). The molecule has 0 radical (unpaired) electrons. The highest BCUT2D eigenvalue weighted by atomic mass is 16.7. The first-order valence-corrected chi connectivity index (χ1v) is 8.02. The van der Waals surface area contributed by atoms with Gasteiger partial charge in [0, 0.05) is 45.1 Å². The van der Waals surface area contributed by atoms with Gasteiger partial charge >= 0.3 is 0 Å². The molecule has 120 valence electrons. The van der Waals surface area contributed by atoms with Crippen LogP contribution in [-0.2, 0) is 16.0 Å². The van der Waals surface area contributed by atoms with Crippen LogP contribution < -0.4 is 10.2 Å². The molecule has 1 N–H and O–H groups in total. The Labute approximate surface area is 129 Å². The number of hydrogen-bond donors (Lipinski definition) is 1. The summed E-state index contributed by atoms with van der Waals surface area (Å²) in [6.45, 7) is 13.3. The summed E-state index contributed by atoms with van der Waals surface area (Å²) in [6.07, 6.45) is -0.157. The number of ether oxygens (including phenoxy) is 2. The van der Waals surface area contributed by atoms with E-state index in [9.17, 15) is 0 Å². The van der Waals surface area contributed by atoms with Gasteiger partial charge in [0.2, 0.25) is 0 Å². The van der Waals surface area contributed by atoms with Crippen LogP contribution in [-0.4, -0.2) is 39.1 Å². The molecule has 0 atom stereocenters. The van der Waals surface area contributed by atoms with Gasteiger partial charge in [-0.3, -0.25) is 0 Å². The van der Waals surface area contributed by atoms with E-state index in [4.69, 9.17) is 9.47 Å². The number of hydrogen-bond acceptors (Lipinski definition) is 4. The Morgan fingerprint density at radius 2 is 1.52 bits per heavy atom. The van der Waals surface area contributed by atoms with E-state index >= 15 is 0 Å². The predicted octanol–water partition coefficient (Wildman–Crippen LogP) is 3.02. The third-order valence-corrected chi connectivity index (χ3v) is 3.41. The largest absolute Gasteiger partial charge is 0.372 e. The zero-order valence-corrected chi connectivity index (χ0v) is 13.9. The first kappa shape index (κ1) is 18.0. The summed E-state index contributed by atoms with van der Waals surface area (Å²) in [7, 11) is 0. The lowest BCUT2D eigenvalue weighted by Crippen LogP contribution is -2.31. The fourth-order valence-corrected chi connectivity index (χ4v) is 2.29. The quantitative estimate of drug-likeness (QED) is 0.636. The molecular weight excluding hydrogens is 264 g/mol. The lowest BCUT2D eigenvalue weighted by molar-refractivity contribution is -0.133. The molecule has 21 heavy (non-hydrogen) atoms. The average Bonchev–Trinajstić information content (AvgIpc) is 2.50. The van der Waals surface area contributed by atoms with Crippen molar-refractivity contribution in [3.8, 4) is 0 Å². The van der Waals surface area contributed by atoms with Crippen LogP contribution in [0.25, 0.3) is 0 Å². The zero-order valence-electron chi connectivity index (χ0n) is 13.9. The van der Waals surface area contributed by atoms with Crippen molar-refractivity contribution in [1.82, 2.24) is 5.32 Å². The third-order valence-electron chi connectivity index (χ3n) is 3.41. The molecule has 0 aliphatic carbocycles. The smallest absolute Gasteiger partial charge is 0.169 e. The van der Waals surface area contributed by atoms with Gasteiger partial charge < -0.3 is 19.7 Å². The van der Waals surface area contributed by atoms with Crippen molar-refractivity contribution in [2.75, 3.05) is 37.7 Å². The van der Waals surface area contributed by atoms with E-state index in [1.54, 1.807) is 0 Å². The first-order valence-electron chi connectivity index (χ1n) is 8.02. The van der Waals surface area contributed by atoms with E-state index in [0.29, 0.717) is 19.8 Å². The van der Waals surface area contributed by atoms with Crippen molar-refractivity contribution in [3.63, 3.8) is 0 Å². The Morgan fingerprint density at radius 1 is 0.952 bits per heavy atom. The summed E-state index contributed by atoms with van der Waals surface area (Å²) in [5.41, 5.74) is 2.56. The van der Waals surface area contributed by atoms with Gasteiger partial charge in [-0.2, -0.15) is 0 Å². The predicted molar refractivity (Wildman–Crippen MR) is 88.7 cm³/mol. The van der Waals surface area contributed by atoms with Gasteiger partial charge in [0.1, 0.15) is 0 Å². The molecule has 0 saturated carbocycles. The Kier molecular flexibility index (Phi) is 9.06. The number of nitrogens with one attached hydrogen (secondary N) is 1. The highest BCUT2D eigenvalue weighted by Crippen LogP contribution is 2.14. The minimum absolute atomic E-state index is 0.157. The molecule has 0 amide bonds. The zero-order chi connectivity index (χ0) is 15.5. The average molecular weight is 294 g/mol. The Balaban J connectivity index is 2.41. The highest BCUT2D eigenvalue weighted by molar-refractivity contribution is 5.47. The lowest BCUT2D eigenvalue weighted by Gasteiger charge is -2.21. The van der Waals surface area contributed by atoms with Gasteiger partial charge in [0.25, 0.3) is 0 Å². The summed E-state index contributed by atoms with van der Waals surface area (Å²) in [5.74, 6) is 0. The molecule has 0 aromatic heterocycles. The Bertz CT molecular complexity index is 358. The second-order valence-electron chi connectivity index (χ2n) is 4.81. The third kappa shape index (κ3) is 6.46. The van der Waals surface area contributed by atoms with Crippen LogP contribution in [0.15, 0.2) is 24.3 Å². The van der Waals surface area contributed by atoms with Gasteiger partial charge in [0.15, 0.2) is 6.29 Å². The molecule has 0 heterocycles. The van der Waals surface area contributed by atoms with Crippen molar-refractivity contribution < 1.29 is 9.47 Å². The number of rotatable bonds is 11. The number of anilines is 1. The van der Waals surface area contributed by atoms with Gasteiger partial charge in [0.05, 0.1) is 0 Å². The molecule has 0 aliphatic rings. The van der Waals surface area contributed by atoms with E-state index in [2.05, 4.69) is 48.3 Å². The first-order chi connectivity index (χ1) is 10.2. The standard InChI is InChI=1S/C17H30N2O2/c1-5-19(6-2)16-11-9-15(10-12-16)13-18-14-17(20-7-3)21-8-4/h9-12,17-18H,5-8,13-14H2,1-4H3. The molecule has 0 unspecified atom stereocenters. The Morgan fingerprint density at radius 3 is 2.00 bits per heavy atom. The van der Waals surface area contributed by atoms with Crippen LogP contribution in [0.2, 0.25) is 0 Å². The number of nitrogens with zero attached hydrogens (tertiary/aromatic N) is 1. The number of benzene rings is 1. The maximum Gasteiger partial charge on any atom is 0.169 e. The van der Waals surface area contributed by atoms with Crippen LogP contribution in [0.3, 0.4) is 0 Å². The van der Waals surface area contributed by atoms with Gasteiger partial charge in [-0.15, -0.1) is 0 Å². The van der Waals surface area contributed by atoms with E-state index in [-0.39, 0.29) is 6.29 Å². The maximum atomic E-state index is 5.51. The Hall–Kier alpha value is -1.10. The van der Waals surface area contributed by atoms with Crippen LogP contribution in [0.4, 0.5) is 5.69 Å². The fourth-order valence-electron chi connectivity index (χ4n) is 2.29. The summed E-state index contributed by atoms with van der Waals surface area (Å²) in [5, 5.41) is 3.38. The van der Waals surface area contributed by atoms with Crippen molar-refractivity contribution >= 4 is 5.69 Å². The summed E-state index contributed by atoms with van der Waals surface area (Å²) in [4.78, 5) is 2.34. The maximum absolute atomic E-state index is 5.51. The second-order valence-corrected chi connectivity index (χ2v) is 4.81. The monoisotopic (exact) mass is 294 g/mol. The molecule has 0 spiro atoms. The normalized spacial score (nSPS) is 11.1. The SMILES string of the molecule is CCOC(CNCc1ccc(N(CC)CC)cc1)OCC. The van der Waals surface area contributed by atoms with Gasteiger partial charge in [-0.1, -0.05) is 12.1 Å². The summed E-state index contributed by atoms with van der Waals surface area (Å²) >= 11 is 0. The van der Waals surface area contributed by atoms with Crippen molar-refractivity contribution in [1.29, 1.82) is 0 Å². The topological polar surface area (TPSA) is 33.7 Å². The van der Waals surface area contributed by atoms with E-state index in [1.165, 1.54) is 11.3 Å². The van der Waals surface area contributed by atoms with E-state index in [0.717, 1.165) is 19.6 Å². The van der Waals surface area contributed by atoms with E-state index in [1.807, 2.05) is 13.8 Å². The minimum atomic E-state index is -0.157. The van der Waals surface area contributed by atoms with Crippen molar-refractivity contribution in [2.45, 2.75) is 40.5 Å². The fraction of sp³-hybridized carbons (Fsp3) is 0.647. The molecule has 0 saturated heterocycles. The molecule has 1 aromatic carbocycles.